The first kappa shape index (κ1) is 25.7. The lowest BCUT2D eigenvalue weighted by molar-refractivity contribution is 0.0521. The highest BCUT2D eigenvalue weighted by Gasteiger charge is 2.27. The van der Waals surface area contributed by atoms with E-state index in [-0.39, 0.29) is 41.5 Å². The molecule has 0 spiro atoms. The molecule has 9 nitrogen and oxygen atoms in total. The van der Waals surface area contributed by atoms with Gasteiger partial charge in [0.2, 0.25) is 0 Å². The number of carbonyl (C=O) groups is 1. The molecule has 198 valence electrons. The maximum atomic E-state index is 14.1. The minimum absolute atomic E-state index is 0.00686. The number of aromatic nitrogens is 4. The van der Waals surface area contributed by atoms with Crippen molar-refractivity contribution < 1.29 is 19.0 Å². The first-order valence-corrected chi connectivity index (χ1v) is 12.7. The number of fused-ring (bicyclic) bond motifs is 1. The van der Waals surface area contributed by atoms with E-state index in [4.69, 9.17) is 19.2 Å². The van der Waals surface area contributed by atoms with Crippen LogP contribution in [0.1, 0.15) is 29.9 Å². The molecule has 2 heterocycles. The number of carbonyl (C=O) groups excluding carboxylic acids is 1. The molecule has 0 atom stereocenters. The molecule has 0 saturated carbocycles. The van der Waals surface area contributed by atoms with Gasteiger partial charge in [-0.2, -0.15) is 0 Å². The Kier molecular flexibility index (Phi) is 7.40. The van der Waals surface area contributed by atoms with Crippen LogP contribution in [0.2, 0.25) is 0 Å². The second-order valence-corrected chi connectivity index (χ2v) is 8.61. The van der Waals surface area contributed by atoms with Crippen LogP contribution >= 0.6 is 0 Å². The molecule has 0 fully saturated rings. The standard InChI is InChI=1S/C30H28N4O5/c1-4-38-22-17-15-21(16-18-22)27-31-25(29(35)39-5-2)26-28(32-27)34(23-13-9-10-14-24(23)37-3)30(36)33(26)19-20-11-7-6-8-12-20/h6-18H,4-5,19H2,1-3H3. The monoisotopic (exact) mass is 524 g/mol. The van der Waals surface area contributed by atoms with E-state index in [2.05, 4.69) is 4.98 Å². The van der Waals surface area contributed by atoms with Crippen molar-refractivity contribution in [1.29, 1.82) is 0 Å². The third kappa shape index (κ3) is 4.98. The Morgan fingerprint density at radius 3 is 2.28 bits per heavy atom. The number of imidazole rings is 1. The van der Waals surface area contributed by atoms with Gasteiger partial charge in [-0.25, -0.2) is 24.1 Å². The molecule has 0 aliphatic rings. The van der Waals surface area contributed by atoms with E-state index in [0.717, 1.165) is 5.56 Å². The van der Waals surface area contributed by atoms with E-state index >= 15 is 0 Å². The van der Waals surface area contributed by atoms with Crippen LogP contribution in [0.25, 0.3) is 28.2 Å². The first-order chi connectivity index (χ1) is 19.0. The van der Waals surface area contributed by atoms with Gasteiger partial charge in [-0.15, -0.1) is 0 Å². The summed E-state index contributed by atoms with van der Waals surface area (Å²) in [6.45, 7) is 4.53. The van der Waals surface area contributed by atoms with Gasteiger partial charge in [0.15, 0.2) is 17.2 Å². The fourth-order valence-corrected chi connectivity index (χ4v) is 4.44. The Labute approximate surface area is 225 Å². The molecule has 9 heteroatoms. The third-order valence-corrected chi connectivity index (χ3v) is 6.17. The number of methoxy groups -OCH3 is 1. The second-order valence-electron chi connectivity index (χ2n) is 8.61. The maximum Gasteiger partial charge on any atom is 0.359 e. The maximum absolute atomic E-state index is 14.1. The lowest BCUT2D eigenvalue weighted by atomic mass is 10.2. The number of hydrogen-bond acceptors (Lipinski definition) is 7. The highest BCUT2D eigenvalue weighted by Crippen LogP contribution is 2.29. The summed E-state index contributed by atoms with van der Waals surface area (Å²) in [6, 6.07) is 23.9. The second kappa shape index (κ2) is 11.2. The topological polar surface area (TPSA) is 97.5 Å². The minimum atomic E-state index is -0.643. The number of benzene rings is 3. The quantitative estimate of drug-likeness (QED) is 0.254. The lowest BCUT2D eigenvalue weighted by Crippen LogP contribution is -2.24. The van der Waals surface area contributed by atoms with Gasteiger partial charge in [0.25, 0.3) is 0 Å². The Bertz CT molecular complexity index is 1670. The molecular formula is C30H28N4O5. The van der Waals surface area contributed by atoms with Gasteiger partial charge in [-0.3, -0.25) is 4.57 Å². The number of para-hydroxylation sites is 2. The predicted octanol–water partition coefficient (Wildman–Crippen LogP) is 4.88. The van der Waals surface area contributed by atoms with Crippen molar-refractivity contribution >= 4 is 17.1 Å². The van der Waals surface area contributed by atoms with Gasteiger partial charge in [0, 0.05) is 5.56 Å². The summed E-state index contributed by atoms with van der Waals surface area (Å²) >= 11 is 0. The zero-order valence-electron chi connectivity index (χ0n) is 22.0. The Morgan fingerprint density at radius 2 is 1.59 bits per heavy atom. The van der Waals surface area contributed by atoms with Gasteiger partial charge in [0.05, 0.1) is 32.6 Å². The number of ether oxygens (including phenoxy) is 3. The number of rotatable bonds is 9. The number of nitrogens with zero attached hydrogens (tertiary/aromatic N) is 4. The molecule has 0 amide bonds. The van der Waals surface area contributed by atoms with Gasteiger partial charge in [0.1, 0.15) is 17.0 Å². The molecule has 5 aromatic rings. The van der Waals surface area contributed by atoms with E-state index < -0.39 is 5.97 Å². The molecule has 2 aromatic heterocycles. The normalized spacial score (nSPS) is 10.9. The van der Waals surface area contributed by atoms with Gasteiger partial charge >= 0.3 is 11.7 Å². The van der Waals surface area contributed by atoms with Crippen LogP contribution in [-0.2, 0) is 11.3 Å². The fourth-order valence-electron chi connectivity index (χ4n) is 4.44. The minimum Gasteiger partial charge on any atom is -0.495 e. The summed E-state index contributed by atoms with van der Waals surface area (Å²) in [5.74, 6) is 0.815. The smallest absolute Gasteiger partial charge is 0.359 e. The summed E-state index contributed by atoms with van der Waals surface area (Å²) in [7, 11) is 1.54. The van der Waals surface area contributed by atoms with Crippen LogP contribution in [0.5, 0.6) is 11.5 Å². The highest BCUT2D eigenvalue weighted by molar-refractivity contribution is 6.00. The molecule has 0 saturated heterocycles. The van der Waals surface area contributed by atoms with Crippen LogP contribution in [0, 0.1) is 0 Å². The average Bonchev–Trinajstić information content (AvgIpc) is 3.24. The molecular weight excluding hydrogens is 496 g/mol. The van der Waals surface area contributed by atoms with Crippen molar-refractivity contribution in [2.75, 3.05) is 20.3 Å². The highest BCUT2D eigenvalue weighted by atomic mass is 16.5. The Morgan fingerprint density at radius 1 is 0.872 bits per heavy atom. The molecule has 0 N–H and O–H groups in total. The fraction of sp³-hybridized carbons (Fsp3) is 0.200. The van der Waals surface area contributed by atoms with Crippen LogP contribution in [0.15, 0.2) is 83.7 Å². The van der Waals surface area contributed by atoms with Gasteiger partial charge in [-0.05, 0) is 55.8 Å². The van der Waals surface area contributed by atoms with E-state index in [1.54, 1.807) is 19.1 Å². The summed E-state index contributed by atoms with van der Waals surface area (Å²) in [5.41, 5.74) is 2.19. The molecule has 0 aliphatic carbocycles. The summed E-state index contributed by atoms with van der Waals surface area (Å²) in [6.07, 6.45) is 0. The zero-order valence-corrected chi connectivity index (χ0v) is 22.0. The van der Waals surface area contributed by atoms with E-state index in [1.165, 1.54) is 16.2 Å². The van der Waals surface area contributed by atoms with Gasteiger partial charge < -0.3 is 14.2 Å². The van der Waals surface area contributed by atoms with Crippen LogP contribution in [0.3, 0.4) is 0 Å². The molecule has 3 aromatic carbocycles. The SMILES string of the molecule is CCOC(=O)c1nc(-c2ccc(OCC)cc2)nc2c1n(Cc1ccccc1)c(=O)n2-c1ccccc1OC. The largest absolute Gasteiger partial charge is 0.495 e. The van der Waals surface area contributed by atoms with Crippen molar-refractivity contribution in [3.63, 3.8) is 0 Å². The van der Waals surface area contributed by atoms with Crippen molar-refractivity contribution in [1.82, 2.24) is 19.1 Å². The molecule has 0 aliphatic heterocycles. The average molecular weight is 525 g/mol. The van der Waals surface area contributed by atoms with Gasteiger partial charge in [-0.1, -0.05) is 42.5 Å². The zero-order chi connectivity index (χ0) is 27.4. The molecule has 39 heavy (non-hydrogen) atoms. The van der Waals surface area contributed by atoms with Crippen LogP contribution in [-0.4, -0.2) is 45.4 Å². The lowest BCUT2D eigenvalue weighted by Gasteiger charge is -2.11. The molecule has 0 unspecified atom stereocenters. The molecule has 0 radical (unpaired) electrons. The van der Waals surface area contributed by atoms with E-state index in [9.17, 15) is 9.59 Å². The van der Waals surface area contributed by atoms with Crippen LogP contribution in [0.4, 0.5) is 0 Å². The summed E-state index contributed by atoms with van der Waals surface area (Å²) < 4.78 is 19.5. The van der Waals surface area contributed by atoms with Crippen molar-refractivity contribution in [3.8, 4) is 28.6 Å². The summed E-state index contributed by atoms with van der Waals surface area (Å²) in [4.78, 5) is 36.8. The third-order valence-electron chi connectivity index (χ3n) is 6.17. The van der Waals surface area contributed by atoms with Crippen molar-refractivity contribution in [2.45, 2.75) is 20.4 Å². The molecule has 5 rings (SSSR count). The Balaban J connectivity index is 1.84. The predicted molar refractivity (Wildman–Crippen MR) is 148 cm³/mol. The van der Waals surface area contributed by atoms with Crippen molar-refractivity contribution in [3.05, 3.63) is 101 Å². The summed E-state index contributed by atoms with van der Waals surface area (Å²) in [5, 5.41) is 0. The van der Waals surface area contributed by atoms with Crippen molar-refractivity contribution in [2.24, 2.45) is 0 Å². The number of hydrogen-bond donors (Lipinski definition) is 0. The number of esters is 1. The first-order valence-electron chi connectivity index (χ1n) is 12.7. The van der Waals surface area contributed by atoms with E-state index in [1.807, 2.05) is 73.7 Å². The van der Waals surface area contributed by atoms with Crippen LogP contribution < -0.4 is 15.2 Å². The molecule has 0 bridgehead atoms. The Hall–Kier alpha value is -4.92. The van der Waals surface area contributed by atoms with E-state index in [0.29, 0.717) is 29.4 Å².